The van der Waals surface area contributed by atoms with E-state index in [9.17, 15) is 0 Å². The number of benzene rings is 1. The minimum absolute atomic E-state index is 0.530. The van der Waals surface area contributed by atoms with Crippen LogP contribution in [0.3, 0.4) is 0 Å². The standard InChI is InChI=1S/C18H23N5.C2H6/c1-13-11-19-23(12-13)15-6-8-22(9-7-15)16-4-5-17-14(2)20-21(3)18(17)10-16;1-2/h4-5,10-12,15H,6-9H2,1-3H3;1-2H3. The molecule has 1 aliphatic rings. The SMILES string of the molecule is CC.Cc1cnn(C2CCN(c3ccc4c(C)nn(C)c4c3)CC2)c1. The van der Waals surface area contributed by atoms with Gasteiger partial charge in [-0.15, -0.1) is 0 Å². The highest BCUT2D eigenvalue weighted by Crippen LogP contribution is 2.29. The first-order valence-electron chi connectivity index (χ1n) is 9.31. The molecule has 134 valence electrons. The number of piperidine rings is 1. The van der Waals surface area contributed by atoms with Crippen molar-refractivity contribution in [3.05, 3.63) is 41.9 Å². The number of nitrogens with zero attached hydrogens (tertiary/aromatic N) is 5. The van der Waals surface area contributed by atoms with Crippen molar-refractivity contribution >= 4 is 16.6 Å². The van der Waals surface area contributed by atoms with Crippen molar-refractivity contribution in [1.82, 2.24) is 19.6 Å². The van der Waals surface area contributed by atoms with Gasteiger partial charge in [-0.2, -0.15) is 10.2 Å². The molecular formula is C20H29N5. The summed E-state index contributed by atoms with van der Waals surface area (Å²) in [6.07, 6.45) is 6.39. The summed E-state index contributed by atoms with van der Waals surface area (Å²) >= 11 is 0. The van der Waals surface area contributed by atoms with E-state index in [4.69, 9.17) is 0 Å². The Kier molecular flexibility index (Phi) is 5.11. The first-order chi connectivity index (χ1) is 12.1. The maximum atomic E-state index is 4.52. The number of hydrogen-bond acceptors (Lipinski definition) is 3. The Morgan fingerprint density at radius 1 is 1.08 bits per heavy atom. The molecule has 1 saturated heterocycles. The third kappa shape index (κ3) is 3.41. The van der Waals surface area contributed by atoms with Crippen LogP contribution in [0.4, 0.5) is 5.69 Å². The smallest absolute Gasteiger partial charge is 0.0702 e. The van der Waals surface area contributed by atoms with Gasteiger partial charge < -0.3 is 4.90 Å². The summed E-state index contributed by atoms with van der Waals surface area (Å²) in [7, 11) is 2.02. The van der Waals surface area contributed by atoms with Gasteiger partial charge in [0, 0.05) is 37.4 Å². The van der Waals surface area contributed by atoms with E-state index in [0.29, 0.717) is 6.04 Å². The lowest BCUT2D eigenvalue weighted by Gasteiger charge is -2.33. The predicted molar refractivity (Wildman–Crippen MR) is 104 cm³/mol. The van der Waals surface area contributed by atoms with Crippen LogP contribution in [0.15, 0.2) is 30.6 Å². The fourth-order valence-corrected chi connectivity index (χ4v) is 3.64. The minimum atomic E-state index is 0.530. The van der Waals surface area contributed by atoms with E-state index < -0.39 is 0 Å². The molecule has 25 heavy (non-hydrogen) atoms. The van der Waals surface area contributed by atoms with Crippen LogP contribution in [-0.4, -0.2) is 32.7 Å². The molecular weight excluding hydrogens is 310 g/mol. The van der Waals surface area contributed by atoms with Crippen molar-refractivity contribution in [3.8, 4) is 0 Å². The summed E-state index contributed by atoms with van der Waals surface area (Å²) in [6.45, 7) is 10.3. The van der Waals surface area contributed by atoms with Gasteiger partial charge in [0.15, 0.2) is 0 Å². The molecule has 1 aromatic carbocycles. The number of fused-ring (bicyclic) bond motifs is 1. The van der Waals surface area contributed by atoms with E-state index in [1.807, 2.05) is 31.8 Å². The molecule has 0 N–H and O–H groups in total. The molecule has 4 rings (SSSR count). The number of aromatic nitrogens is 4. The molecule has 3 heterocycles. The zero-order valence-electron chi connectivity index (χ0n) is 16.0. The predicted octanol–water partition coefficient (Wildman–Crippen LogP) is 4.25. The molecule has 0 atom stereocenters. The average Bonchev–Trinajstić information content (AvgIpc) is 3.20. The van der Waals surface area contributed by atoms with Gasteiger partial charge in [-0.1, -0.05) is 13.8 Å². The van der Waals surface area contributed by atoms with Crippen LogP contribution in [0.5, 0.6) is 0 Å². The highest BCUT2D eigenvalue weighted by molar-refractivity contribution is 5.85. The Balaban J connectivity index is 0.000000880. The van der Waals surface area contributed by atoms with Crippen molar-refractivity contribution in [2.45, 2.75) is 46.6 Å². The van der Waals surface area contributed by atoms with Gasteiger partial charge >= 0.3 is 0 Å². The average molecular weight is 339 g/mol. The van der Waals surface area contributed by atoms with Gasteiger partial charge in [0.25, 0.3) is 0 Å². The van der Waals surface area contributed by atoms with E-state index >= 15 is 0 Å². The second-order valence-corrected chi connectivity index (χ2v) is 6.63. The fourth-order valence-electron chi connectivity index (χ4n) is 3.64. The van der Waals surface area contributed by atoms with Crippen LogP contribution in [0, 0.1) is 13.8 Å². The third-order valence-electron chi connectivity index (χ3n) is 4.95. The van der Waals surface area contributed by atoms with Crippen LogP contribution in [0.1, 0.15) is 44.0 Å². The van der Waals surface area contributed by atoms with Crippen molar-refractivity contribution in [2.75, 3.05) is 18.0 Å². The number of hydrogen-bond donors (Lipinski definition) is 0. The van der Waals surface area contributed by atoms with E-state index in [2.05, 4.69) is 58.0 Å². The summed E-state index contributed by atoms with van der Waals surface area (Å²) in [6, 6.07) is 7.24. The molecule has 0 saturated carbocycles. The zero-order valence-corrected chi connectivity index (χ0v) is 16.0. The number of aryl methyl sites for hydroxylation is 3. The second-order valence-electron chi connectivity index (χ2n) is 6.63. The Morgan fingerprint density at radius 3 is 2.44 bits per heavy atom. The summed E-state index contributed by atoms with van der Waals surface area (Å²) in [5.74, 6) is 0. The summed E-state index contributed by atoms with van der Waals surface area (Å²) in [4.78, 5) is 2.48. The van der Waals surface area contributed by atoms with Gasteiger partial charge in [-0.25, -0.2) is 0 Å². The zero-order chi connectivity index (χ0) is 18.0. The molecule has 0 bridgehead atoms. The van der Waals surface area contributed by atoms with E-state index in [-0.39, 0.29) is 0 Å². The third-order valence-corrected chi connectivity index (χ3v) is 4.95. The fraction of sp³-hybridized carbons (Fsp3) is 0.500. The molecule has 0 amide bonds. The van der Waals surface area contributed by atoms with E-state index in [1.54, 1.807) is 0 Å². The van der Waals surface area contributed by atoms with Crippen LogP contribution in [0.2, 0.25) is 0 Å². The van der Waals surface area contributed by atoms with Crippen LogP contribution < -0.4 is 4.90 Å². The molecule has 1 aliphatic heterocycles. The van der Waals surface area contributed by atoms with E-state index in [1.165, 1.54) is 22.2 Å². The molecule has 5 nitrogen and oxygen atoms in total. The largest absolute Gasteiger partial charge is 0.371 e. The minimum Gasteiger partial charge on any atom is -0.371 e. The van der Waals surface area contributed by atoms with Crippen molar-refractivity contribution < 1.29 is 0 Å². The Bertz CT molecular complexity index is 837. The van der Waals surface area contributed by atoms with Gasteiger partial charge in [-0.3, -0.25) is 9.36 Å². The van der Waals surface area contributed by atoms with E-state index in [0.717, 1.165) is 31.6 Å². The Morgan fingerprint density at radius 2 is 1.80 bits per heavy atom. The van der Waals surface area contributed by atoms with Gasteiger partial charge in [0.2, 0.25) is 0 Å². The van der Waals surface area contributed by atoms with Gasteiger partial charge in [-0.05, 0) is 50.5 Å². The first-order valence-corrected chi connectivity index (χ1v) is 9.31. The number of rotatable bonds is 2. The first kappa shape index (κ1) is 17.5. The van der Waals surface area contributed by atoms with Crippen LogP contribution >= 0.6 is 0 Å². The maximum Gasteiger partial charge on any atom is 0.0702 e. The Hall–Kier alpha value is -2.30. The molecule has 0 radical (unpaired) electrons. The molecule has 0 spiro atoms. The molecule has 5 heteroatoms. The van der Waals surface area contributed by atoms with Crippen LogP contribution in [0.25, 0.3) is 10.9 Å². The molecule has 2 aromatic heterocycles. The van der Waals surface area contributed by atoms with Gasteiger partial charge in [0.1, 0.15) is 0 Å². The van der Waals surface area contributed by atoms with Crippen molar-refractivity contribution in [3.63, 3.8) is 0 Å². The monoisotopic (exact) mass is 339 g/mol. The maximum absolute atomic E-state index is 4.52. The molecule has 1 fully saturated rings. The highest BCUT2D eigenvalue weighted by Gasteiger charge is 2.21. The normalized spacial score (nSPS) is 15.3. The lowest BCUT2D eigenvalue weighted by atomic mass is 10.0. The van der Waals surface area contributed by atoms with Crippen molar-refractivity contribution in [1.29, 1.82) is 0 Å². The Labute approximate surface area is 150 Å². The molecule has 0 unspecified atom stereocenters. The quantitative estimate of drug-likeness (QED) is 0.700. The number of anilines is 1. The highest BCUT2D eigenvalue weighted by atomic mass is 15.3. The lowest BCUT2D eigenvalue weighted by molar-refractivity contribution is 0.367. The lowest BCUT2D eigenvalue weighted by Crippen LogP contribution is -2.34. The summed E-state index contributed by atoms with van der Waals surface area (Å²) in [5, 5.41) is 10.2. The van der Waals surface area contributed by atoms with Crippen molar-refractivity contribution in [2.24, 2.45) is 7.05 Å². The van der Waals surface area contributed by atoms with Crippen LogP contribution in [-0.2, 0) is 7.05 Å². The molecule has 0 aliphatic carbocycles. The van der Waals surface area contributed by atoms with Gasteiger partial charge in [0.05, 0.1) is 23.4 Å². The summed E-state index contributed by atoms with van der Waals surface area (Å²) in [5.41, 5.74) is 4.85. The molecule has 3 aromatic rings. The topological polar surface area (TPSA) is 38.9 Å². The summed E-state index contributed by atoms with van der Waals surface area (Å²) < 4.78 is 4.12. The second kappa shape index (κ2) is 7.30.